The van der Waals surface area contributed by atoms with Gasteiger partial charge in [-0.05, 0) is 44.2 Å². The molecule has 0 spiro atoms. The van der Waals surface area contributed by atoms with Gasteiger partial charge in [-0.3, -0.25) is 5.43 Å². The number of rotatable bonds is 4. The minimum Gasteiger partial charge on any atom is -0.423 e. The predicted octanol–water partition coefficient (Wildman–Crippen LogP) is 1.51. The zero-order valence-corrected chi connectivity index (χ0v) is 13.7. The Morgan fingerprint density at radius 3 is 2.42 bits per heavy atom. The van der Waals surface area contributed by atoms with Crippen molar-refractivity contribution in [3.63, 3.8) is 0 Å². The Kier molecular flexibility index (Phi) is 4.04. The number of nitrogens with zero attached hydrogens (tertiary/aromatic N) is 2. The van der Waals surface area contributed by atoms with Gasteiger partial charge in [0.25, 0.3) is 10.0 Å². The molecule has 0 bridgehead atoms. The Morgan fingerprint density at radius 2 is 1.71 bits per heavy atom. The third-order valence-corrected chi connectivity index (χ3v) is 4.43. The number of anilines is 1. The Morgan fingerprint density at radius 1 is 1.00 bits per heavy atom. The fourth-order valence-electron chi connectivity index (χ4n) is 2.17. The lowest BCUT2D eigenvalue weighted by Gasteiger charge is -2.09. The fraction of sp³-hybridized carbons (Fsp3) is 0.133. The third kappa shape index (κ3) is 3.42. The first-order chi connectivity index (χ1) is 11.3. The van der Waals surface area contributed by atoms with Gasteiger partial charge in [-0.1, -0.05) is 0 Å². The first-order valence-electron chi connectivity index (χ1n) is 6.97. The van der Waals surface area contributed by atoms with E-state index in [2.05, 4.69) is 20.2 Å². The average Bonchev–Trinajstić information content (AvgIpc) is 2.51. The van der Waals surface area contributed by atoms with Crippen molar-refractivity contribution in [3.05, 3.63) is 58.2 Å². The van der Waals surface area contributed by atoms with Crippen LogP contribution in [0.1, 0.15) is 11.4 Å². The molecule has 124 valence electrons. The van der Waals surface area contributed by atoms with Gasteiger partial charge in [0.15, 0.2) is 0 Å². The second-order valence-corrected chi connectivity index (χ2v) is 6.84. The van der Waals surface area contributed by atoms with Crippen LogP contribution in [0.5, 0.6) is 0 Å². The van der Waals surface area contributed by atoms with E-state index < -0.39 is 15.6 Å². The highest BCUT2D eigenvalue weighted by molar-refractivity contribution is 7.89. The van der Waals surface area contributed by atoms with Crippen LogP contribution in [0.2, 0.25) is 0 Å². The molecule has 2 heterocycles. The Bertz CT molecular complexity index is 1060. The number of hydrogen-bond donors (Lipinski definition) is 2. The zero-order valence-electron chi connectivity index (χ0n) is 12.9. The van der Waals surface area contributed by atoms with Crippen molar-refractivity contribution in [1.82, 2.24) is 14.8 Å². The number of benzene rings is 1. The van der Waals surface area contributed by atoms with Gasteiger partial charge in [-0.25, -0.2) is 23.2 Å². The van der Waals surface area contributed by atoms with Crippen molar-refractivity contribution < 1.29 is 12.8 Å². The van der Waals surface area contributed by atoms with E-state index in [0.717, 1.165) is 0 Å². The lowest BCUT2D eigenvalue weighted by atomic mass is 10.2. The van der Waals surface area contributed by atoms with E-state index in [1.54, 1.807) is 19.9 Å². The van der Waals surface area contributed by atoms with Crippen LogP contribution in [0.4, 0.5) is 5.95 Å². The van der Waals surface area contributed by atoms with Crippen molar-refractivity contribution in [1.29, 1.82) is 0 Å². The van der Waals surface area contributed by atoms with Crippen LogP contribution in [0.25, 0.3) is 11.0 Å². The number of sulfonamides is 1. The molecule has 8 nitrogen and oxygen atoms in total. The maximum atomic E-state index is 12.4. The van der Waals surface area contributed by atoms with E-state index in [0.29, 0.717) is 22.4 Å². The summed E-state index contributed by atoms with van der Waals surface area (Å²) in [4.78, 5) is 21.6. The molecular formula is C15H14N4O4S. The largest absolute Gasteiger partial charge is 0.423 e. The average molecular weight is 346 g/mol. The summed E-state index contributed by atoms with van der Waals surface area (Å²) < 4.78 is 29.7. The van der Waals surface area contributed by atoms with Crippen molar-refractivity contribution in [2.45, 2.75) is 18.7 Å². The lowest BCUT2D eigenvalue weighted by molar-refractivity contribution is 0.560. The summed E-state index contributed by atoms with van der Waals surface area (Å²) in [6.45, 7) is 3.57. The Hall–Kier alpha value is -2.78. The van der Waals surface area contributed by atoms with E-state index in [4.69, 9.17) is 4.42 Å². The molecule has 0 aliphatic rings. The topological polar surface area (TPSA) is 114 Å². The highest BCUT2D eigenvalue weighted by Gasteiger charge is 2.15. The molecule has 0 unspecified atom stereocenters. The number of hydrogen-bond acceptors (Lipinski definition) is 7. The molecule has 0 radical (unpaired) electrons. The molecule has 24 heavy (non-hydrogen) atoms. The standard InChI is InChI=1S/C15H14N4O4S/c1-9-7-10(2)17-15(16-9)18-19-24(21,22)12-4-5-13-11(8-12)3-6-14(20)23-13/h3-8,19H,1-2H3,(H,16,17,18). The monoisotopic (exact) mass is 346 g/mol. The molecule has 0 aliphatic heterocycles. The van der Waals surface area contributed by atoms with E-state index in [9.17, 15) is 13.2 Å². The Labute approximate surface area is 137 Å². The van der Waals surface area contributed by atoms with Crippen molar-refractivity contribution >= 4 is 26.9 Å². The molecule has 2 N–H and O–H groups in total. The molecule has 9 heteroatoms. The van der Waals surface area contributed by atoms with Crippen LogP contribution in [-0.4, -0.2) is 18.4 Å². The molecule has 2 aromatic heterocycles. The van der Waals surface area contributed by atoms with Crippen LogP contribution in [0.3, 0.4) is 0 Å². The van der Waals surface area contributed by atoms with Crippen molar-refractivity contribution in [3.8, 4) is 0 Å². The summed E-state index contributed by atoms with van der Waals surface area (Å²) in [5.74, 6) is 0.155. The maximum Gasteiger partial charge on any atom is 0.336 e. The molecule has 0 aliphatic carbocycles. The third-order valence-electron chi connectivity index (χ3n) is 3.18. The van der Waals surface area contributed by atoms with Gasteiger partial charge in [0.1, 0.15) is 5.58 Å². The molecule has 3 rings (SSSR count). The van der Waals surface area contributed by atoms with Gasteiger partial charge < -0.3 is 4.42 Å². The van der Waals surface area contributed by atoms with Gasteiger partial charge in [0.05, 0.1) is 4.90 Å². The molecule has 0 atom stereocenters. The van der Waals surface area contributed by atoms with Crippen LogP contribution in [0.15, 0.2) is 50.5 Å². The van der Waals surface area contributed by atoms with Crippen LogP contribution in [0, 0.1) is 13.8 Å². The molecule has 0 amide bonds. The SMILES string of the molecule is Cc1cc(C)nc(NNS(=O)(=O)c2ccc3oc(=O)ccc3c2)n1. The van der Waals surface area contributed by atoms with Gasteiger partial charge >= 0.3 is 5.63 Å². The quantitative estimate of drug-likeness (QED) is 0.543. The maximum absolute atomic E-state index is 12.4. The minimum absolute atomic E-state index is 0.0146. The normalized spacial score (nSPS) is 11.6. The van der Waals surface area contributed by atoms with Gasteiger partial charge in [0, 0.05) is 22.8 Å². The first kappa shape index (κ1) is 16.1. The van der Waals surface area contributed by atoms with E-state index in [1.807, 2.05) is 0 Å². The highest BCUT2D eigenvalue weighted by Crippen LogP contribution is 2.17. The molecule has 0 saturated heterocycles. The van der Waals surface area contributed by atoms with Gasteiger partial charge in [-0.2, -0.15) is 0 Å². The zero-order chi connectivity index (χ0) is 17.3. The van der Waals surface area contributed by atoms with Crippen LogP contribution < -0.4 is 15.9 Å². The number of fused-ring (bicyclic) bond motifs is 1. The summed E-state index contributed by atoms with van der Waals surface area (Å²) in [5, 5.41) is 0.500. The number of aryl methyl sites for hydroxylation is 2. The summed E-state index contributed by atoms with van der Waals surface area (Å²) in [6.07, 6.45) is 0. The van der Waals surface area contributed by atoms with E-state index in [-0.39, 0.29) is 10.8 Å². The van der Waals surface area contributed by atoms with Crippen LogP contribution >= 0.6 is 0 Å². The predicted molar refractivity (Wildman–Crippen MR) is 87.9 cm³/mol. The molecule has 0 fully saturated rings. The van der Waals surface area contributed by atoms with Crippen LogP contribution in [-0.2, 0) is 10.0 Å². The van der Waals surface area contributed by atoms with Gasteiger partial charge in [-0.15, -0.1) is 4.83 Å². The Balaban J connectivity index is 1.87. The second-order valence-electron chi connectivity index (χ2n) is 5.16. The number of nitrogens with one attached hydrogen (secondary N) is 2. The van der Waals surface area contributed by atoms with E-state index >= 15 is 0 Å². The molecule has 0 saturated carbocycles. The minimum atomic E-state index is -3.85. The summed E-state index contributed by atoms with van der Waals surface area (Å²) in [7, 11) is -3.85. The van der Waals surface area contributed by atoms with Crippen molar-refractivity contribution in [2.75, 3.05) is 5.43 Å². The summed E-state index contributed by atoms with van der Waals surface area (Å²) in [5.41, 5.74) is 3.73. The van der Waals surface area contributed by atoms with Crippen molar-refractivity contribution in [2.24, 2.45) is 0 Å². The number of hydrazine groups is 1. The number of aromatic nitrogens is 2. The van der Waals surface area contributed by atoms with Gasteiger partial charge in [0.2, 0.25) is 5.95 Å². The first-order valence-corrected chi connectivity index (χ1v) is 8.46. The molecular weight excluding hydrogens is 332 g/mol. The lowest BCUT2D eigenvalue weighted by Crippen LogP contribution is -2.30. The smallest absolute Gasteiger partial charge is 0.336 e. The highest BCUT2D eigenvalue weighted by atomic mass is 32.2. The second kappa shape index (κ2) is 6.02. The van der Waals surface area contributed by atoms with E-state index in [1.165, 1.54) is 30.3 Å². The molecule has 3 aromatic rings. The molecule has 1 aromatic carbocycles. The summed E-state index contributed by atoms with van der Waals surface area (Å²) in [6, 6.07) is 8.69. The fourth-order valence-corrected chi connectivity index (χ4v) is 3.04. The summed E-state index contributed by atoms with van der Waals surface area (Å²) >= 11 is 0.